The van der Waals surface area contributed by atoms with E-state index in [0.29, 0.717) is 17.1 Å². The predicted octanol–water partition coefficient (Wildman–Crippen LogP) is 6.13. The first-order chi connectivity index (χ1) is 15.3. The van der Waals surface area contributed by atoms with Gasteiger partial charge in [-0.25, -0.2) is 4.79 Å². The maximum Gasteiger partial charge on any atom is 0.573 e. The zero-order valence-electron chi connectivity index (χ0n) is 16.5. The molecule has 0 saturated carbocycles. The number of urea groups is 1. The van der Waals surface area contributed by atoms with E-state index in [4.69, 9.17) is 9.47 Å². The molecule has 6 nitrogen and oxygen atoms in total. The zero-order valence-corrected chi connectivity index (χ0v) is 16.5. The smallest absolute Gasteiger partial charge is 0.454 e. The van der Waals surface area contributed by atoms with Crippen LogP contribution in [-0.4, -0.2) is 19.2 Å². The summed E-state index contributed by atoms with van der Waals surface area (Å²) in [5, 5.41) is 5.20. The molecule has 3 aromatic carbocycles. The number of alkyl halides is 3. The maximum absolute atomic E-state index is 12.2. The average Bonchev–Trinajstić information content (AvgIpc) is 3.21. The average molecular weight is 442 g/mol. The second-order valence-corrected chi connectivity index (χ2v) is 6.72. The number of benzene rings is 3. The molecule has 32 heavy (non-hydrogen) atoms. The Bertz CT molecular complexity index is 1130. The minimum Gasteiger partial charge on any atom is -0.454 e. The highest BCUT2D eigenvalue weighted by atomic mass is 19.4. The Labute approximate surface area is 181 Å². The quantitative estimate of drug-likeness (QED) is 0.467. The van der Waals surface area contributed by atoms with E-state index in [0.717, 1.165) is 29.0 Å². The number of nitrogens with one attached hydrogen (secondary N) is 2. The summed E-state index contributed by atoms with van der Waals surface area (Å²) in [5.74, 6) is 1.06. The number of carbonyl (C=O) groups excluding carboxylic acids is 1. The molecule has 0 atom stereocenters. The molecule has 0 aliphatic carbocycles. The largest absolute Gasteiger partial charge is 0.573 e. The van der Waals surface area contributed by atoms with Gasteiger partial charge < -0.3 is 24.8 Å². The number of hydrogen-bond acceptors (Lipinski definition) is 4. The van der Waals surface area contributed by atoms with Crippen LogP contribution in [0.1, 0.15) is 11.1 Å². The van der Waals surface area contributed by atoms with Crippen LogP contribution >= 0.6 is 0 Å². The lowest BCUT2D eigenvalue weighted by atomic mass is 10.1. The lowest BCUT2D eigenvalue weighted by molar-refractivity contribution is -0.274. The summed E-state index contributed by atoms with van der Waals surface area (Å²) in [6, 6.07) is 17.1. The number of amides is 2. The number of hydrogen-bond donors (Lipinski definition) is 2. The highest BCUT2D eigenvalue weighted by Gasteiger charge is 2.30. The standard InChI is InChI=1S/C23H17F3N2O4/c24-23(25,26)32-19-10-8-18(9-11-19)28-22(29)27-17-6-3-15(4-7-17)1-2-16-5-12-20-21(13-16)31-14-30-20/h1-13H,14H2,(H2,27,28,29)/b2-1+. The summed E-state index contributed by atoms with van der Waals surface area (Å²) < 4.78 is 51.0. The molecule has 0 fully saturated rings. The first-order valence-corrected chi connectivity index (χ1v) is 9.46. The monoisotopic (exact) mass is 442 g/mol. The predicted molar refractivity (Wildman–Crippen MR) is 114 cm³/mol. The highest BCUT2D eigenvalue weighted by molar-refractivity contribution is 5.99. The van der Waals surface area contributed by atoms with Crippen molar-refractivity contribution in [1.29, 1.82) is 0 Å². The first kappa shape index (κ1) is 21.1. The van der Waals surface area contributed by atoms with Crippen LogP contribution in [-0.2, 0) is 0 Å². The molecule has 1 heterocycles. The van der Waals surface area contributed by atoms with E-state index in [2.05, 4.69) is 15.4 Å². The molecule has 1 aliphatic rings. The SMILES string of the molecule is O=C(Nc1ccc(/C=C/c2ccc3c(c2)OCO3)cc1)Nc1ccc(OC(F)(F)F)cc1. The Morgan fingerprint density at radius 1 is 0.812 bits per heavy atom. The Hall–Kier alpha value is -4.14. The van der Waals surface area contributed by atoms with Gasteiger partial charge in [0.15, 0.2) is 11.5 Å². The topological polar surface area (TPSA) is 68.8 Å². The third-order valence-corrected chi connectivity index (χ3v) is 4.38. The van der Waals surface area contributed by atoms with E-state index in [-0.39, 0.29) is 12.5 Å². The number of ether oxygens (including phenoxy) is 3. The highest BCUT2D eigenvalue weighted by Crippen LogP contribution is 2.33. The summed E-state index contributed by atoms with van der Waals surface area (Å²) >= 11 is 0. The van der Waals surface area contributed by atoms with Crippen molar-refractivity contribution in [2.24, 2.45) is 0 Å². The molecule has 9 heteroatoms. The van der Waals surface area contributed by atoms with E-state index in [9.17, 15) is 18.0 Å². The van der Waals surface area contributed by atoms with Gasteiger partial charge in [0, 0.05) is 11.4 Å². The van der Waals surface area contributed by atoms with Gasteiger partial charge in [-0.1, -0.05) is 30.4 Å². The number of carbonyl (C=O) groups is 1. The lowest BCUT2D eigenvalue weighted by Crippen LogP contribution is -2.19. The molecule has 3 aromatic rings. The molecule has 164 valence electrons. The van der Waals surface area contributed by atoms with E-state index in [1.54, 1.807) is 12.1 Å². The zero-order chi connectivity index (χ0) is 22.6. The Balaban J connectivity index is 1.31. The van der Waals surface area contributed by atoms with Gasteiger partial charge in [-0.2, -0.15) is 0 Å². The molecule has 2 N–H and O–H groups in total. The van der Waals surface area contributed by atoms with Gasteiger partial charge in [0.1, 0.15) is 5.75 Å². The minimum absolute atomic E-state index is 0.225. The molecule has 0 unspecified atom stereocenters. The molecule has 4 rings (SSSR count). The summed E-state index contributed by atoms with van der Waals surface area (Å²) in [7, 11) is 0. The van der Waals surface area contributed by atoms with E-state index in [1.165, 1.54) is 12.1 Å². The van der Waals surface area contributed by atoms with Crippen LogP contribution in [0.4, 0.5) is 29.3 Å². The third-order valence-electron chi connectivity index (χ3n) is 4.38. The molecule has 2 amide bonds. The fourth-order valence-electron chi connectivity index (χ4n) is 2.92. The lowest BCUT2D eigenvalue weighted by Gasteiger charge is -2.10. The van der Waals surface area contributed by atoms with Crippen LogP contribution in [0.15, 0.2) is 66.7 Å². The fourth-order valence-corrected chi connectivity index (χ4v) is 2.92. The molecule has 0 saturated heterocycles. The third kappa shape index (κ3) is 5.72. The van der Waals surface area contributed by atoms with Gasteiger partial charge in [0.2, 0.25) is 6.79 Å². The van der Waals surface area contributed by atoms with Gasteiger partial charge in [0.05, 0.1) is 0 Å². The van der Waals surface area contributed by atoms with Crippen molar-refractivity contribution < 1.29 is 32.2 Å². The van der Waals surface area contributed by atoms with E-state index >= 15 is 0 Å². The fraction of sp³-hybridized carbons (Fsp3) is 0.0870. The summed E-state index contributed by atoms with van der Waals surface area (Å²) in [6.45, 7) is 0.225. The second-order valence-electron chi connectivity index (χ2n) is 6.72. The van der Waals surface area contributed by atoms with Crippen molar-refractivity contribution in [3.63, 3.8) is 0 Å². The van der Waals surface area contributed by atoms with Crippen LogP contribution < -0.4 is 24.8 Å². The van der Waals surface area contributed by atoms with Crippen LogP contribution in [0.2, 0.25) is 0 Å². The summed E-state index contributed by atoms with van der Waals surface area (Å²) in [6.07, 6.45) is -0.909. The van der Waals surface area contributed by atoms with E-state index < -0.39 is 12.4 Å². The van der Waals surface area contributed by atoms with Crippen molar-refractivity contribution >= 4 is 29.6 Å². The normalized spacial score (nSPS) is 12.6. The molecule has 0 aromatic heterocycles. The Kier molecular flexibility index (Phi) is 5.89. The number of halogens is 3. The minimum atomic E-state index is -4.77. The summed E-state index contributed by atoms with van der Waals surface area (Å²) in [5.41, 5.74) is 2.76. The number of fused-ring (bicyclic) bond motifs is 1. The molecular weight excluding hydrogens is 425 g/mol. The van der Waals surface area contributed by atoms with Gasteiger partial charge in [-0.3, -0.25) is 0 Å². The van der Waals surface area contributed by atoms with Crippen LogP contribution in [0.5, 0.6) is 17.2 Å². The van der Waals surface area contributed by atoms with Crippen molar-refractivity contribution in [3.8, 4) is 17.2 Å². The van der Waals surface area contributed by atoms with Crippen molar-refractivity contribution in [2.75, 3.05) is 17.4 Å². The molecule has 1 aliphatic heterocycles. The van der Waals surface area contributed by atoms with Gasteiger partial charge in [-0.05, 0) is 59.7 Å². The first-order valence-electron chi connectivity index (χ1n) is 9.46. The Morgan fingerprint density at radius 2 is 1.38 bits per heavy atom. The summed E-state index contributed by atoms with van der Waals surface area (Å²) in [4.78, 5) is 12.1. The number of anilines is 2. The van der Waals surface area contributed by atoms with Gasteiger partial charge in [0.25, 0.3) is 0 Å². The maximum atomic E-state index is 12.2. The van der Waals surface area contributed by atoms with Gasteiger partial charge >= 0.3 is 12.4 Å². The molecule has 0 bridgehead atoms. The van der Waals surface area contributed by atoms with Crippen LogP contribution in [0, 0.1) is 0 Å². The van der Waals surface area contributed by atoms with Crippen LogP contribution in [0.3, 0.4) is 0 Å². The molecule has 0 spiro atoms. The van der Waals surface area contributed by atoms with Gasteiger partial charge in [-0.15, -0.1) is 13.2 Å². The van der Waals surface area contributed by atoms with Crippen molar-refractivity contribution in [1.82, 2.24) is 0 Å². The van der Waals surface area contributed by atoms with Crippen LogP contribution in [0.25, 0.3) is 12.2 Å². The van der Waals surface area contributed by atoms with Crippen molar-refractivity contribution in [2.45, 2.75) is 6.36 Å². The Morgan fingerprint density at radius 3 is 2.03 bits per heavy atom. The van der Waals surface area contributed by atoms with Crippen molar-refractivity contribution in [3.05, 3.63) is 77.9 Å². The molecule has 0 radical (unpaired) electrons. The second kappa shape index (κ2) is 8.93. The number of rotatable bonds is 5. The van der Waals surface area contributed by atoms with E-state index in [1.807, 2.05) is 42.5 Å². The molecular formula is C23H17F3N2O4.